The number of likely N-dealkylation sites (tertiary alicyclic amines) is 1. The zero-order valence-corrected chi connectivity index (χ0v) is 18.1. The van der Waals surface area contributed by atoms with Gasteiger partial charge in [-0.15, -0.1) is 0 Å². The van der Waals surface area contributed by atoms with Crippen molar-refractivity contribution in [3.8, 4) is 0 Å². The molecule has 0 unspecified atom stereocenters. The first kappa shape index (κ1) is 23.6. The summed E-state index contributed by atoms with van der Waals surface area (Å²) < 4.78 is 38.6. The van der Waals surface area contributed by atoms with Crippen molar-refractivity contribution < 1.29 is 22.8 Å². The summed E-state index contributed by atoms with van der Waals surface area (Å²) in [7, 11) is 0. The van der Waals surface area contributed by atoms with Crippen molar-refractivity contribution in [2.75, 3.05) is 25.4 Å². The summed E-state index contributed by atoms with van der Waals surface area (Å²) in [6, 6.07) is 8.81. The lowest BCUT2D eigenvalue weighted by Crippen LogP contribution is -2.43. The molecule has 0 aliphatic carbocycles. The average Bonchev–Trinajstić information content (AvgIpc) is 3.14. The van der Waals surface area contributed by atoms with Crippen LogP contribution in [0, 0.1) is 13.8 Å². The second-order valence-electron chi connectivity index (χ2n) is 8.20. The Morgan fingerprint density at radius 3 is 2.59 bits per heavy atom. The van der Waals surface area contributed by atoms with E-state index >= 15 is 0 Å². The molecule has 2 aromatic rings. The SMILES string of the molecule is Cc1ccc(CN2CC[C@@H](NC(=O)CNC(=O)c3cc(C(F)(F)F)ccc3N)C2)c(C)c1. The summed E-state index contributed by atoms with van der Waals surface area (Å²) in [6.07, 6.45) is -3.81. The number of carbonyl (C=O) groups excluding carboxylic acids is 2. The third-order valence-electron chi connectivity index (χ3n) is 5.56. The predicted octanol–water partition coefficient (Wildman–Crippen LogP) is 3.02. The normalized spacial score (nSPS) is 16.7. The highest BCUT2D eigenvalue weighted by atomic mass is 19.4. The Hall–Kier alpha value is -3.07. The maximum atomic E-state index is 12.9. The number of benzene rings is 2. The van der Waals surface area contributed by atoms with Gasteiger partial charge in [-0.1, -0.05) is 23.8 Å². The Morgan fingerprint density at radius 1 is 1.16 bits per heavy atom. The van der Waals surface area contributed by atoms with Gasteiger partial charge in [-0.3, -0.25) is 14.5 Å². The molecule has 6 nitrogen and oxygen atoms in total. The number of halogens is 3. The number of nitrogens with zero attached hydrogens (tertiary/aromatic N) is 1. The van der Waals surface area contributed by atoms with E-state index in [-0.39, 0.29) is 23.8 Å². The molecule has 0 spiro atoms. The molecule has 0 saturated carbocycles. The summed E-state index contributed by atoms with van der Waals surface area (Å²) in [6.45, 7) is 6.11. The zero-order valence-electron chi connectivity index (χ0n) is 18.1. The first-order valence-electron chi connectivity index (χ1n) is 10.4. The van der Waals surface area contributed by atoms with E-state index in [9.17, 15) is 22.8 Å². The van der Waals surface area contributed by atoms with Crippen LogP contribution in [0.25, 0.3) is 0 Å². The van der Waals surface area contributed by atoms with E-state index in [0.717, 1.165) is 31.6 Å². The summed E-state index contributed by atoms with van der Waals surface area (Å²) in [5.74, 6) is -1.23. The number of nitrogens with two attached hydrogens (primary N) is 1. The van der Waals surface area contributed by atoms with E-state index in [1.165, 1.54) is 16.7 Å². The molecule has 3 rings (SSSR count). The van der Waals surface area contributed by atoms with Crippen molar-refractivity contribution in [1.29, 1.82) is 0 Å². The highest BCUT2D eigenvalue weighted by Gasteiger charge is 2.31. The van der Waals surface area contributed by atoms with E-state index < -0.39 is 23.6 Å². The van der Waals surface area contributed by atoms with Crippen molar-refractivity contribution in [2.24, 2.45) is 0 Å². The number of alkyl halides is 3. The first-order chi connectivity index (χ1) is 15.0. The largest absolute Gasteiger partial charge is 0.416 e. The van der Waals surface area contributed by atoms with Gasteiger partial charge in [0.15, 0.2) is 0 Å². The lowest BCUT2D eigenvalue weighted by Gasteiger charge is -2.18. The second kappa shape index (κ2) is 9.60. The maximum absolute atomic E-state index is 12.9. The van der Waals surface area contributed by atoms with Gasteiger partial charge in [0.25, 0.3) is 5.91 Å². The van der Waals surface area contributed by atoms with Gasteiger partial charge in [0.05, 0.1) is 17.7 Å². The highest BCUT2D eigenvalue weighted by Crippen LogP contribution is 2.31. The van der Waals surface area contributed by atoms with Crippen molar-refractivity contribution in [3.63, 3.8) is 0 Å². The van der Waals surface area contributed by atoms with Crippen LogP contribution in [0.1, 0.15) is 39.0 Å². The number of aryl methyl sites for hydroxylation is 2. The number of nitrogen functional groups attached to an aromatic ring is 1. The van der Waals surface area contributed by atoms with Crippen LogP contribution in [-0.4, -0.2) is 42.4 Å². The molecule has 1 atom stereocenters. The standard InChI is InChI=1S/C23H27F3N4O2/c1-14-3-4-16(15(2)9-14)12-30-8-7-18(13-30)29-21(31)11-28-22(32)19-10-17(23(24,25)26)5-6-20(19)27/h3-6,9-10,18H,7-8,11-13,27H2,1-2H3,(H,28,32)(H,29,31)/t18-/m1/s1. The van der Waals surface area contributed by atoms with E-state index in [4.69, 9.17) is 5.73 Å². The number of amides is 2. The fraction of sp³-hybridized carbons (Fsp3) is 0.391. The number of carbonyl (C=O) groups is 2. The molecular formula is C23H27F3N4O2. The van der Waals surface area contributed by atoms with Crippen LogP contribution < -0.4 is 16.4 Å². The second-order valence-corrected chi connectivity index (χ2v) is 8.20. The fourth-order valence-electron chi connectivity index (χ4n) is 3.82. The molecule has 1 aliphatic heterocycles. The Labute approximate surface area is 185 Å². The van der Waals surface area contributed by atoms with Crippen molar-refractivity contribution in [1.82, 2.24) is 15.5 Å². The van der Waals surface area contributed by atoms with Crippen LogP contribution in [0.5, 0.6) is 0 Å². The number of nitrogens with one attached hydrogen (secondary N) is 2. The first-order valence-corrected chi connectivity index (χ1v) is 10.4. The van der Waals surface area contributed by atoms with Crippen LogP contribution >= 0.6 is 0 Å². The van der Waals surface area contributed by atoms with Crippen LogP contribution in [0.4, 0.5) is 18.9 Å². The van der Waals surface area contributed by atoms with Crippen LogP contribution in [0.3, 0.4) is 0 Å². The molecule has 2 aromatic carbocycles. The molecule has 1 saturated heterocycles. The molecule has 9 heteroatoms. The molecule has 2 amide bonds. The molecular weight excluding hydrogens is 421 g/mol. The van der Waals surface area contributed by atoms with E-state index in [0.29, 0.717) is 12.6 Å². The van der Waals surface area contributed by atoms with Crippen molar-refractivity contribution in [2.45, 2.75) is 39.0 Å². The van der Waals surface area contributed by atoms with E-state index in [1.54, 1.807) is 0 Å². The monoisotopic (exact) mass is 448 g/mol. The molecule has 1 aliphatic rings. The van der Waals surface area contributed by atoms with Crippen LogP contribution in [0.2, 0.25) is 0 Å². The minimum Gasteiger partial charge on any atom is -0.398 e. The lowest BCUT2D eigenvalue weighted by molar-refractivity contribution is -0.137. The molecule has 172 valence electrons. The number of rotatable bonds is 6. The van der Waals surface area contributed by atoms with Gasteiger partial charge in [-0.2, -0.15) is 13.2 Å². The average molecular weight is 448 g/mol. The summed E-state index contributed by atoms with van der Waals surface area (Å²) in [5.41, 5.74) is 7.95. The molecule has 4 N–H and O–H groups in total. The summed E-state index contributed by atoms with van der Waals surface area (Å²) in [4.78, 5) is 26.8. The van der Waals surface area contributed by atoms with Gasteiger partial charge in [-0.25, -0.2) is 0 Å². The predicted molar refractivity (Wildman–Crippen MR) is 116 cm³/mol. The molecule has 0 radical (unpaired) electrons. The quantitative estimate of drug-likeness (QED) is 0.593. The fourth-order valence-corrected chi connectivity index (χ4v) is 3.82. The van der Waals surface area contributed by atoms with Crippen molar-refractivity contribution in [3.05, 3.63) is 64.2 Å². The van der Waals surface area contributed by atoms with E-state index in [2.05, 4.69) is 47.6 Å². The van der Waals surface area contributed by atoms with Crippen LogP contribution in [0.15, 0.2) is 36.4 Å². The molecule has 1 heterocycles. The Bertz CT molecular complexity index is 1010. The summed E-state index contributed by atoms with van der Waals surface area (Å²) >= 11 is 0. The van der Waals surface area contributed by atoms with Gasteiger partial charge in [0.2, 0.25) is 5.91 Å². The van der Waals surface area contributed by atoms with Crippen LogP contribution in [-0.2, 0) is 17.5 Å². The molecule has 0 bridgehead atoms. The van der Waals surface area contributed by atoms with Gasteiger partial charge in [-0.05, 0) is 49.6 Å². The van der Waals surface area contributed by atoms with Gasteiger partial charge >= 0.3 is 6.18 Å². The number of hydrogen-bond donors (Lipinski definition) is 3. The third-order valence-corrected chi connectivity index (χ3v) is 5.56. The third kappa shape index (κ3) is 6.00. The smallest absolute Gasteiger partial charge is 0.398 e. The Balaban J connectivity index is 1.49. The minimum absolute atomic E-state index is 0.0521. The van der Waals surface area contributed by atoms with Gasteiger partial charge < -0.3 is 16.4 Å². The molecule has 32 heavy (non-hydrogen) atoms. The molecule has 1 fully saturated rings. The number of hydrogen-bond acceptors (Lipinski definition) is 4. The Kier molecular flexibility index (Phi) is 7.08. The number of anilines is 1. The Morgan fingerprint density at radius 2 is 1.91 bits per heavy atom. The lowest BCUT2D eigenvalue weighted by atomic mass is 10.1. The zero-order chi connectivity index (χ0) is 23.5. The van der Waals surface area contributed by atoms with Gasteiger partial charge in [0, 0.05) is 31.4 Å². The van der Waals surface area contributed by atoms with Crippen molar-refractivity contribution >= 4 is 17.5 Å². The molecule has 0 aromatic heterocycles. The maximum Gasteiger partial charge on any atom is 0.416 e. The van der Waals surface area contributed by atoms with Gasteiger partial charge in [0.1, 0.15) is 0 Å². The highest BCUT2D eigenvalue weighted by molar-refractivity contribution is 6.00. The summed E-state index contributed by atoms with van der Waals surface area (Å²) in [5, 5.41) is 5.21. The van der Waals surface area contributed by atoms with E-state index in [1.807, 2.05) is 0 Å². The minimum atomic E-state index is -4.59. The topological polar surface area (TPSA) is 87.5 Å².